The molecule has 1 saturated carbocycles. The summed E-state index contributed by atoms with van der Waals surface area (Å²) >= 11 is 0. The van der Waals surface area contributed by atoms with E-state index in [1.165, 1.54) is 10.9 Å². The summed E-state index contributed by atoms with van der Waals surface area (Å²) in [6.45, 7) is 0. The van der Waals surface area contributed by atoms with Gasteiger partial charge in [-0.2, -0.15) is 18.3 Å². The molecule has 1 N–H and O–H groups in total. The Balaban J connectivity index is 2.20. The van der Waals surface area contributed by atoms with Crippen LogP contribution >= 0.6 is 0 Å². The van der Waals surface area contributed by atoms with Crippen molar-refractivity contribution in [3.05, 3.63) is 18.0 Å². The Morgan fingerprint density at radius 2 is 2.13 bits per heavy atom. The number of hydrogen-bond donors (Lipinski definition) is 1. The summed E-state index contributed by atoms with van der Waals surface area (Å²) in [6.07, 6.45) is -1.57. The predicted octanol–water partition coefficient (Wildman–Crippen LogP) is 1.99. The highest BCUT2D eigenvalue weighted by Gasteiger charge is 2.35. The summed E-state index contributed by atoms with van der Waals surface area (Å²) in [4.78, 5) is 0. The largest absolute Gasteiger partial charge is 0.435 e. The summed E-state index contributed by atoms with van der Waals surface area (Å²) in [7, 11) is 0. The molecular formula is C9H11F3N2O. The van der Waals surface area contributed by atoms with Crippen molar-refractivity contribution in [3.63, 3.8) is 0 Å². The molecule has 84 valence electrons. The number of alkyl halides is 3. The van der Waals surface area contributed by atoms with Crippen molar-refractivity contribution in [1.82, 2.24) is 9.78 Å². The van der Waals surface area contributed by atoms with Gasteiger partial charge in [-0.25, -0.2) is 0 Å². The molecule has 0 spiro atoms. The second-order valence-electron chi connectivity index (χ2n) is 3.74. The van der Waals surface area contributed by atoms with Crippen LogP contribution in [-0.2, 0) is 6.18 Å². The molecule has 2 rings (SSSR count). The molecule has 0 bridgehead atoms. The highest BCUT2D eigenvalue weighted by Crippen LogP contribution is 2.32. The smallest absolute Gasteiger partial charge is 0.391 e. The highest BCUT2D eigenvalue weighted by atomic mass is 19.4. The molecule has 0 amide bonds. The second kappa shape index (κ2) is 3.52. The third kappa shape index (κ3) is 1.99. The fraction of sp³-hybridized carbons (Fsp3) is 0.667. The standard InChI is InChI=1S/C9H11F3N2O/c10-9(11,12)8-4-5-14(13-8)6-2-1-3-7(6)15/h4-7,15H,1-3H2. The summed E-state index contributed by atoms with van der Waals surface area (Å²) in [5, 5.41) is 13.0. The lowest BCUT2D eigenvalue weighted by Gasteiger charge is -2.14. The van der Waals surface area contributed by atoms with Crippen molar-refractivity contribution in [2.24, 2.45) is 0 Å². The van der Waals surface area contributed by atoms with Crippen LogP contribution in [0.25, 0.3) is 0 Å². The molecule has 1 aromatic heterocycles. The Morgan fingerprint density at radius 3 is 2.60 bits per heavy atom. The summed E-state index contributed by atoms with van der Waals surface area (Å²) in [6, 6.07) is 0.631. The first-order valence-corrected chi connectivity index (χ1v) is 4.79. The molecule has 1 fully saturated rings. The first kappa shape index (κ1) is 10.5. The molecule has 2 atom stereocenters. The van der Waals surface area contributed by atoms with Crippen LogP contribution in [0.4, 0.5) is 13.2 Å². The van der Waals surface area contributed by atoms with E-state index in [9.17, 15) is 18.3 Å². The van der Waals surface area contributed by atoms with Crippen LogP contribution in [0.5, 0.6) is 0 Å². The first-order valence-electron chi connectivity index (χ1n) is 4.79. The summed E-state index contributed by atoms with van der Waals surface area (Å²) in [5.74, 6) is 0. The van der Waals surface area contributed by atoms with Gasteiger partial charge in [0.15, 0.2) is 5.69 Å². The summed E-state index contributed by atoms with van der Waals surface area (Å²) in [5.41, 5.74) is -0.901. The lowest BCUT2D eigenvalue weighted by molar-refractivity contribution is -0.141. The van der Waals surface area contributed by atoms with Crippen LogP contribution in [0.15, 0.2) is 12.3 Å². The van der Waals surface area contributed by atoms with E-state index in [-0.39, 0.29) is 6.04 Å². The lowest BCUT2D eigenvalue weighted by atomic mass is 10.2. The molecule has 3 nitrogen and oxygen atoms in total. The third-order valence-corrected chi connectivity index (χ3v) is 2.68. The molecule has 0 saturated heterocycles. The van der Waals surface area contributed by atoms with Crippen LogP contribution in [0.2, 0.25) is 0 Å². The van der Waals surface area contributed by atoms with Crippen LogP contribution in [0, 0.1) is 0 Å². The van der Waals surface area contributed by atoms with Crippen LogP contribution in [0.1, 0.15) is 31.0 Å². The monoisotopic (exact) mass is 220 g/mol. The molecule has 0 aromatic carbocycles. The molecule has 2 unspecified atom stereocenters. The topological polar surface area (TPSA) is 38.0 Å². The molecule has 1 heterocycles. The first-order chi connectivity index (χ1) is 6.98. The van der Waals surface area contributed by atoms with E-state index < -0.39 is 18.0 Å². The number of nitrogens with zero attached hydrogens (tertiary/aromatic N) is 2. The lowest BCUT2D eigenvalue weighted by Crippen LogP contribution is -2.19. The van der Waals surface area contributed by atoms with E-state index in [4.69, 9.17) is 0 Å². The van der Waals surface area contributed by atoms with Crippen LogP contribution in [0.3, 0.4) is 0 Å². The fourth-order valence-electron chi connectivity index (χ4n) is 1.90. The number of rotatable bonds is 1. The van der Waals surface area contributed by atoms with Gasteiger partial charge in [-0.05, 0) is 25.3 Å². The van der Waals surface area contributed by atoms with E-state index in [2.05, 4.69) is 5.10 Å². The molecule has 1 aromatic rings. The van der Waals surface area contributed by atoms with Crippen molar-refractivity contribution >= 4 is 0 Å². The van der Waals surface area contributed by atoms with Gasteiger partial charge in [-0.1, -0.05) is 0 Å². The summed E-state index contributed by atoms with van der Waals surface area (Å²) < 4.78 is 38.0. The molecule has 15 heavy (non-hydrogen) atoms. The number of aliphatic hydroxyl groups is 1. The van der Waals surface area contributed by atoms with Gasteiger partial charge in [0.05, 0.1) is 12.1 Å². The molecule has 6 heteroatoms. The van der Waals surface area contributed by atoms with E-state index in [1.807, 2.05) is 0 Å². The van der Waals surface area contributed by atoms with E-state index in [0.29, 0.717) is 12.8 Å². The molecule has 0 aliphatic heterocycles. The van der Waals surface area contributed by atoms with Gasteiger partial charge in [-0.3, -0.25) is 4.68 Å². The van der Waals surface area contributed by atoms with Crippen molar-refractivity contribution in [1.29, 1.82) is 0 Å². The van der Waals surface area contributed by atoms with Crippen molar-refractivity contribution in [3.8, 4) is 0 Å². The maximum absolute atomic E-state index is 12.2. The molecule has 0 radical (unpaired) electrons. The van der Waals surface area contributed by atoms with Crippen molar-refractivity contribution < 1.29 is 18.3 Å². The van der Waals surface area contributed by atoms with Gasteiger partial charge in [0, 0.05) is 6.20 Å². The van der Waals surface area contributed by atoms with Gasteiger partial charge >= 0.3 is 6.18 Å². The number of aliphatic hydroxyl groups excluding tert-OH is 1. The molecule has 1 aliphatic rings. The maximum Gasteiger partial charge on any atom is 0.435 e. The third-order valence-electron chi connectivity index (χ3n) is 2.68. The van der Waals surface area contributed by atoms with Crippen LogP contribution < -0.4 is 0 Å². The van der Waals surface area contributed by atoms with E-state index >= 15 is 0 Å². The van der Waals surface area contributed by atoms with Gasteiger partial charge in [0.25, 0.3) is 0 Å². The minimum absolute atomic E-state index is 0.305. The average molecular weight is 220 g/mol. The Hall–Kier alpha value is -1.04. The normalized spacial score (nSPS) is 27.2. The zero-order valence-electron chi connectivity index (χ0n) is 7.91. The van der Waals surface area contributed by atoms with E-state index in [1.54, 1.807) is 0 Å². The second-order valence-corrected chi connectivity index (χ2v) is 3.74. The Kier molecular flexibility index (Phi) is 2.46. The van der Waals surface area contributed by atoms with Crippen molar-refractivity contribution in [2.45, 2.75) is 37.6 Å². The Bertz CT molecular complexity index is 347. The minimum atomic E-state index is -4.41. The highest BCUT2D eigenvalue weighted by molar-refractivity contribution is 5.04. The van der Waals surface area contributed by atoms with Gasteiger partial charge in [0.2, 0.25) is 0 Å². The predicted molar refractivity (Wildman–Crippen MR) is 46.1 cm³/mol. The number of hydrogen-bond acceptors (Lipinski definition) is 2. The fourth-order valence-corrected chi connectivity index (χ4v) is 1.90. The van der Waals surface area contributed by atoms with Crippen LogP contribution in [-0.4, -0.2) is 21.0 Å². The number of halogens is 3. The molecule has 1 aliphatic carbocycles. The van der Waals surface area contributed by atoms with Gasteiger partial charge in [-0.15, -0.1) is 0 Å². The Morgan fingerprint density at radius 1 is 1.40 bits per heavy atom. The average Bonchev–Trinajstić information content (AvgIpc) is 2.69. The zero-order valence-corrected chi connectivity index (χ0v) is 7.91. The zero-order chi connectivity index (χ0) is 11.1. The SMILES string of the molecule is OC1CCCC1n1ccc(C(F)(F)F)n1. The van der Waals surface area contributed by atoms with Gasteiger partial charge < -0.3 is 5.11 Å². The van der Waals surface area contributed by atoms with Crippen molar-refractivity contribution in [2.75, 3.05) is 0 Å². The quantitative estimate of drug-likeness (QED) is 0.785. The number of aromatic nitrogens is 2. The maximum atomic E-state index is 12.2. The van der Waals surface area contributed by atoms with Gasteiger partial charge in [0.1, 0.15) is 0 Å². The molecular weight excluding hydrogens is 209 g/mol. The van der Waals surface area contributed by atoms with E-state index in [0.717, 1.165) is 12.5 Å². The minimum Gasteiger partial charge on any atom is -0.391 e. The Labute approximate surface area is 84.5 Å².